The zero-order valence-corrected chi connectivity index (χ0v) is 10.7. The van der Waals surface area contributed by atoms with Gasteiger partial charge in [0.15, 0.2) is 0 Å². The van der Waals surface area contributed by atoms with E-state index in [0.717, 1.165) is 31.3 Å². The van der Waals surface area contributed by atoms with Gasteiger partial charge < -0.3 is 10.6 Å². The third kappa shape index (κ3) is 5.50. The van der Waals surface area contributed by atoms with Crippen molar-refractivity contribution in [2.75, 3.05) is 20.1 Å². The molecule has 94 valence electrons. The maximum atomic E-state index is 11.0. The highest BCUT2D eigenvalue weighted by molar-refractivity contribution is 5.75. The summed E-state index contributed by atoms with van der Waals surface area (Å²) in [4.78, 5) is 11.0. The van der Waals surface area contributed by atoms with E-state index in [1.165, 1.54) is 25.7 Å². The minimum absolute atomic E-state index is 0.147. The predicted octanol–water partition coefficient (Wildman–Crippen LogP) is 1.93. The predicted molar refractivity (Wildman–Crippen MR) is 67.3 cm³/mol. The van der Waals surface area contributed by atoms with Crippen LogP contribution in [0.2, 0.25) is 0 Å². The van der Waals surface area contributed by atoms with E-state index in [1.54, 1.807) is 7.05 Å². The number of carbonyl (C=O) groups excluding carboxylic acids is 1. The number of carbonyl (C=O) groups is 1. The van der Waals surface area contributed by atoms with Crippen molar-refractivity contribution in [1.82, 2.24) is 10.6 Å². The first-order valence-corrected chi connectivity index (χ1v) is 6.63. The molecule has 2 N–H and O–H groups in total. The Morgan fingerprint density at radius 1 is 1.25 bits per heavy atom. The summed E-state index contributed by atoms with van der Waals surface area (Å²) in [6.45, 7) is 4.47. The second-order valence-electron chi connectivity index (χ2n) is 5.11. The zero-order chi connectivity index (χ0) is 11.8. The fourth-order valence-electron chi connectivity index (χ4n) is 2.34. The molecule has 0 aromatic carbocycles. The molecule has 0 heterocycles. The van der Waals surface area contributed by atoms with Crippen LogP contribution in [0.25, 0.3) is 0 Å². The fraction of sp³-hybridized carbons (Fsp3) is 0.923. The lowest BCUT2D eigenvalue weighted by molar-refractivity contribution is -0.120. The van der Waals surface area contributed by atoms with Gasteiger partial charge in [-0.15, -0.1) is 0 Å². The van der Waals surface area contributed by atoms with Crippen molar-refractivity contribution in [3.63, 3.8) is 0 Å². The second kappa shape index (κ2) is 7.66. The average molecular weight is 226 g/mol. The van der Waals surface area contributed by atoms with Gasteiger partial charge in [-0.1, -0.05) is 19.8 Å². The lowest BCUT2D eigenvalue weighted by Gasteiger charge is -2.26. The molecule has 1 fully saturated rings. The van der Waals surface area contributed by atoms with Gasteiger partial charge in [-0.25, -0.2) is 0 Å². The standard InChI is InChI=1S/C13H26N2O/c1-11-5-7-12(8-6-11)10-15-9-3-4-13(16)14-2/h11-12,15H,3-10H2,1-2H3,(H,14,16). The summed E-state index contributed by atoms with van der Waals surface area (Å²) in [5, 5.41) is 6.11. The molecule has 16 heavy (non-hydrogen) atoms. The Bertz CT molecular complexity index is 198. The number of hydrogen-bond donors (Lipinski definition) is 2. The first-order chi connectivity index (χ1) is 7.72. The lowest BCUT2D eigenvalue weighted by Crippen LogP contribution is -2.27. The zero-order valence-electron chi connectivity index (χ0n) is 10.7. The quantitative estimate of drug-likeness (QED) is 0.679. The number of hydrogen-bond acceptors (Lipinski definition) is 2. The van der Waals surface area contributed by atoms with Gasteiger partial charge in [-0.3, -0.25) is 4.79 Å². The van der Waals surface area contributed by atoms with Crippen molar-refractivity contribution in [3.05, 3.63) is 0 Å². The SMILES string of the molecule is CNC(=O)CCCNCC1CCC(C)CC1. The summed E-state index contributed by atoms with van der Waals surface area (Å²) in [5.74, 6) is 1.95. The number of nitrogens with one attached hydrogen (secondary N) is 2. The molecule has 1 amide bonds. The Labute approximate surface area is 99.4 Å². The molecule has 0 aliphatic heterocycles. The Kier molecular flexibility index (Phi) is 6.46. The minimum Gasteiger partial charge on any atom is -0.359 e. The maximum absolute atomic E-state index is 11.0. The first-order valence-electron chi connectivity index (χ1n) is 6.63. The summed E-state index contributed by atoms with van der Waals surface area (Å²) in [7, 11) is 1.69. The molecule has 1 rings (SSSR count). The van der Waals surface area contributed by atoms with Crippen molar-refractivity contribution in [2.24, 2.45) is 11.8 Å². The first kappa shape index (κ1) is 13.5. The van der Waals surface area contributed by atoms with Gasteiger partial charge in [0.2, 0.25) is 5.91 Å². The molecule has 1 saturated carbocycles. The van der Waals surface area contributed by atoms with Gasteiger partial charge in [0.05, 0.1) is 0 Å². The molecule has 0 saturated heterocycles. The fourth-order valence-corrected chi connectivity index (χ4v) is 2.34. The van der Waals surface area contributed by atoms with Gasteiger partial charge in [0, 0.05) is 13.5 Å². The van der Waals surface area contributed by atoms with Crippen LogP contribution in [0, 0.1) is 11.8 Å². The molecule has 0 radical (unpaired) electrons. The monoisotopic (exact) mass is 226 g/mol. The van der Waals surface area contributed by atoms with E-state index < -0.39 is 0 Å². The highest BCUT2D eigenvalue weighted by Gasteiger charge is 2.17. The van der Waals surface area contributed by atoms with E-state index in [4.69, 9.17) is 0 Å². The van der Waals surface area contributed by atoms with Crippen molar-refractivity contribution in [2.45, 2.75) is 45.4 Å². The summed E-state index contributed by atoms with van der Waals surface area (Å²) in [6.07, 6.45) is 7.14. The lowest BCUT2D eigenvalue weighted by atomic mass is 9.83. The molecular weight excluding hydrogens is 200 g/mol. The molecule has 0 unspecified atom stereocenters. The molecule has 3 heteroatoms. The van der Waals surface area contributed by atoms with Crippen LogP contribution in [0.1, 0.15) is 45.4 Å². The Hall–Kier alpha value is -0.570. The molecule has 0 aromatic heterocycles. The minimum atomic E-state index is 0.147. The Balaban J connectivity index is 1.93. The van der Waals surface area contributed by atoms with Crippen molar-refractivity contribution >= 4 is 5.91 Å². The summed E-state index contributed by atoms with van der Waals surface area (Å²) in [5.41, 5.74) is 0. The molecule has 0 bridgehead atoms. The maximum Gasteiger partial charge on any atom is 0.219 e. The second-order valence-corrected chi connectivity index (χ2v) is 5.11. The topological polar surface area (TPSA) is 41.1 Å². The van der Waals surface area contributed by atoms with Crippen LogP contribution in [0.15, 0.2) is 0 Å². The van der Waals surface area contributed by atoms with Crippen LogP contribution in [-0.2, 0) is 4.79 Å². The largest absolute Gasteiger partial charge is 0.359 e. The Morgan fingerprint density at radius 3 is 2.56 bits per heavy atom. The van der Waals surface area contributed by atoms with Crippen LogP contribution < -0.4 is 10.6 Å². The Morgan fingerprint density at radius 2 is 1.94 bits per heavy atom. The van der Waals surface area contributed by atoms with E-state index in [0.29, 0.717) is 6.42 Å². The van der Waals surface area contributed by atoms with Crippen molar-refractivity contribution in [3.8, 4) is 0 Å². The van der Waals surface area contributed by atoms with Gasteiger partial charge in [-0.2, -0.15) is 0 Å². The van der Waals surface area contributed by atoms with Gasteiger partial charge >= 0.3 is 0 Å². The number of amides is 1. The molecule has 3 nitrogen and oxygen atoms in total. The molecule has 0 aromatic rings. The van der Waals surface area contributed by atoms with Crippen LogP contribution in [0.5, 0.6) is 0 Å². The van der Waals surface area contributed by atoms with Crippen LogP contribution in [0.4, 0.5) is 0 Å². The van der Waals surface area contributed by atoms with E-state index >= 15 is 0 Å². The third-order valence-electron chi connectivity index (χ3n) is 3.60. The summed E-state index contributed by atoms with van der Waals surface area (Å²) >= 11 is 0. The molecule has 0 spiro atoms. The summed E-state index contributed by atoms with van der Waals surface area (Å²) in [6, 6.07) is 0. The van der Waals surface area contributed by atoms with Gasteiger partial charge in [0.25, 0.3) is 0 Å². The third-order valence-corrected chi connectivity index (χ3v) is 3.60. The molecule has 1 aliphatic carbocycles. The van der Waals surface area contributed by atoms with Crippen LogP contribution >= 0.6 is 0 Å². The van der Waals surface area contributed by atoms with Crippen LogP contribution in [-0.4, -0.2) is 26.0 Å². The van der Waals surface area contributed by atoms with Crippen molar-refractivity contribution in [1.29, 1.82) is 0 Å². The highest BCUT2D eigenvalue weighted by Crippen LogP contribution is 2.27. The van der Waals surface area contributed by atoms with E-state index in [1.807, 2.05) is 0 Å². The van der Waals surface area contributed by atoms with E-state index in [9.17, 15) is 4.79 Å². The normalized spacial score (nSPS) is 25.4. The van der Waals surface area contributed by atoms with E-state index in [2.05, 4.69) is 17.6 Å². The molecule has 0 atom stereocenters. The van der Waals surface area contributed by atoms with Gasteiger partial charge in [-0.05, 0) is 44.2 Å². The highest BCUT2D eigenvalue weighted by atomic mass is 16.1. The van der Waals surface area contributed by atoms with E-state index in [-0.39, 0.29) is 5.91 Å². The van der Waals surface area contributed by atoms with Gasteiger partial charge in [0.1, 0.15) is 0 Å². The molecular formula is C13H26N2O. The van der Waals surface area contributed by atoms with Crippen LogP contribution in [0.3, 0.4) is 0 Å². The number of rotatable bonds is 6. The molecule has 1 aliphatic rings. The smallest absolute Gasteiger partial charge is 0.219 e. The average Bonchev–Trinajstić information content (AvgIpc) is 2.31. The summed E-state index contributed by atoms with van der Waals surface area (Å²) < 4.78 is 0. The van der Waals surface area contributed by atoms with Crippen molar-refractivity contribution < 1.29 is 4.79 Å².